The normalized spacial score (nSPS) is 13.6. The smallest absolute Gasteiger partial charge is 0.256 e. The molecule has 5 nitrogen and oxygen atoms in total. The fraction of sp³-hybridized carbons (Fsp3) is 0.355. The number of nitrogens with zero attached hydrogens (tertiary/aromatic N) is 1. The maximum Gasteiger partial charge on any atom is 0.256 e. The van der Waals surface area contributed by atoms with Gasteiger partial charge < -0.3 is 15.2 Å². The summed E-state index contributed by atoms with van der Waals surface area (Å²) >= 11 is 14.3. The molecule has 2 amide bonds. The SMILES string of the molecule is CCCN(CCC)C(=O)CCc1c(C)[nH]c(/C=C2\C(=O)Nc3ccc(SCc4c(Cl)cccc4Cl)cc32)c1C. The van der Waals surface area contributed by atoms with Crippen molar-refractivity contribution in [1.82, 2.24) is 9.88 Å². The van der Waals surface area contributed by atoms with Crippen molar-refractivity contribution in [1.29, 1.82) is 0 Å². The number of amides is 2. The number of thioether (sulfide) groups is 1. The van der Waals surface area contributed by atoms with E-state index in [9.17, 15) is 9.59 Å². The second-order valence-corrected chi connectivity index (χ2v) is 11.7. The van der Waals surface area contributed by atoms with E-state index >= 15 is 0 Å². The largest absolute Gasteiger partial charge is 0.359 e. The number of aromatic amines is 1. The lowest BCUT2D eigenvalue weighted by Crippen LogP contribution is -2.32. The van der Waals surface area contributed by atoms with Crippen LogP contribution in [0.3, 0.4) is 0 Å². The van der Waals surface area contributed by atoms with Gasteiger partial charge >= 0.3 is 0 Å². The molecule has 0 saturated heterocycles. The first-order valence-electron chi connectivity index (χ1n) is 13.4. The van der Waals surface area contributed by atoms with Crippen LogP contribution in [-0.2, 0) is 21.8 Å². The third-order valence-electron chi connectivity index (χ3n) is 7.07. The summed E-state index contributed by atoms with van der Waals surface area (Å²) in [6.45, 7) is 9.89. The highest BCUT2D eigenvalue weighted by Crippen LogP contribution is 2.38. The second-order valence-electron chi connectivity index (χ2n) is 9.86. The van der Waals surface area contributed by atoms with E-state index < -0.39 is 0 Å². The average molecular weight is 585 g/mol. The zero-order chi connectivity index (χ0) is 28.1. The third kappa shape index (κ3) is 6.74. The highest BCUT2D eigenvalue weighted by molar-refractivity contribution is 7.98. The number of carbonyl (C=O) groups excluding carboxylic acids is 2. The van der Waals surface area contributed by atoms with Gasteiger partial charge in [-0.3, -0.25) is 9.59 Å². The minimum atomic E-state index is -0.126. The van der Waals surface area contributed by atoms with E-state index in [2.05, 4.69) is 31.1 Å². The van der Waals surface area contributed by atoms with Gasteiger partial charge in [-0.2, -0.15) is 0 Å². The Hall–Kier alpha value is -2.67. The molecular weight excluding hydrogens is 549 g/mol. The van der Waals surface area contributed by atoms with Crippen molar-refractivity contribution < 1.29 is 9.59 Å². The van der Waals surface area contributed by atoms with Crippen molar-refractivity contribution in [2.75, 3.05) is 18.4 Å². The molecule has 1 aromatic heterocycles. The Morgan fingerprint density at radius 3 is 2.38 bits per heavy atom. The van der Waals surface area contributed by atoms with E-state index in [0.717, 1.165) is 70.2 Å². The maximum atomic E-state index is 12.9. The van der Waals surface area contributed by atoms with Crippen molar-refractivity contribution in [3.05, 3.63) is 80.1 Å². The molecule has 4 rings (SSSR count). The van der Waals surface area contributed by atoms with Gasteiger partial charge in [0.05, 0.1) is 5.57 Å². The number of benzene rings is 2. The molecule has 0 bridgehead atoms. The van der Waals surface area contributed by atoms with Crippen LogP contribution in [0.15, 0.2) is 41.3 Å². The van der Waals surface area contributed by atoms with E-state index in [1.807, 2.05) is 54.3 Å². The van der Waals surface area contributed by atoms with Gasteiger partial charge in [0, 0.05) is 62.8 Å². The van der Waals surface area contributed by atoms with Crippen LogP contribution in [0, 0.1) is 13.8 Å². The van der Waals surface area contributed by atoms with Crippen LogP contribution >= 0.6 is 35.0 Å². The monoisotopic (exact) mass is 583 g/mol. The molecule has 0 unspecified atom stereocenters. The summed E-state index contributed by atoms with van der Waals surface area (Å²) < 4.78 is 0. The number of hydrogen-bond acceptors (Lipinski definition) is 3. The lowest BCUT2D eigenvalue weighted by Gasteiger charge is -2.21. The van der Waals surface area contributed by atoms with Crippen LogP contribution in [0.25, 0.3) is 11.6 Å². The first-order chi connectivity index (χ1) is 18.7. The van der Waals surface area contributed by atoms with Crippen LogP contribution in [0.5, 0.6) is 0 Å². The molecule has 3 aromatic rings. The topological polar surface area (TPSA) is 65.2 Å². The Morgan fingerprint density at radius 2 is 1.72 bits per heavy atom. The van der Waals surface area contributed by atoms with Crippen LogP contribution in [-0.4, -0.2) is 34.8 Å². The van der Waals surface area contributed by atoms with E-state index in [1.54, 1.807) is 11.8 Å². The van der Waals surface area contributed by atoms with Crippen molar-refractivity contribution in [3.8, 4) is 0 Å². The van der Waals surface area contributed by atoms with Crippen LogP contribution in [0.2, 0.25) is 10.0 Å². The molecule has 39 heavy (non-hydrogen) atoms. The Morgan fingerprint density at radius 1 is 1.03 bits per heavy atom. The summed E-state index contributed by atoms with van der Waals surface area (Å²) in [6.07, 6.45) is 5.00. The molecule has 2 aromatic carbocycles. The quantitative estimate of drug-likeness (QED) is 0.176. The molecule has 0 saturated carbocycles. The number of aromatic nitrogens is 1. The van der Waals surface area contributed by atoms with Gasteiger partial charge in [-0.05, 0) is 86.2 Å². The first kappa shape index (κ1) is 29.3. The van der Waals surface area contributed by atoms with Gasteiger partial charge in [0.15, 0.2) is 0 Å². The molecule has 1 aliphatic rings. The molecule has 1 aliphatic heterocycles. The summed E-state index contributed by atoms with van der Waals surface area (Å²) in [5.41, 5.74) is 7.32. The van der Waals surface area contributed by atoms with E-state index in [0.29, 0.717) is 34.2 Å². The van der Waals surface area contributed by atoms with E-state index in [1.165, 1.54) is 0 Å². The summed E-state index contributed by atoms with van der Waals surface area (Å²) in [5, 5.41) is 4.27. The minimum absolute atomic E-state index is 0.126. The van der Waals surface area contributed by atoms with Gasteiger partial charge in [-0.15, -0.1) is 11.8 Å². The number of aryl methyl sites for hydroxylation is 1. The second kappa shape index (κ2) is 13.1. The molecule has 0 atom stereocenters. The molecule has 0 aliphatic carbocycles. The Bertz CT molecular complexity index is 1390. The predicted octanol–water partition coefficient (Wildman–Crippen LogP) is 8.30. The van der Waals surface area contributed by atoms with Gasteiger partial charge in [0.2, 0.25) is 5.91 Å². The highest BCUT2D eigenvalue weighted by atomic mass is 35.5. The number of fused-ring (bicyclic) bond motifs is 1. The van der Waals surface area contributed by atoms with Crippen LogP contribution in [0.1, 0.15) is 66.8 Å². The number of rotatable bonds is 11. The fourth-order valence-electron chi connectivity index (χ4n) is 5.00. The molecule has 2 heterocycles. The number of anilines is 1. The van der Waals surface area contributed by atoms with Gasteiger partial charge in [0.25, 0.3) is 5.91 Å². The number of H-pyrrole nitrogens is 1. The first-order valence-corrected chi connectivity index (χ1v) is 15.2. The number of hydrogen-bond donors (Lipinski definition) is 2. The summed E-state index contributed by atoms with van der Waals surface area (Å²) in [7, 11) is 0. The maximum absolute atomic E-state index is 12.9. The summed E-state index contributed by atoms with van der Waals surface area (Å²) in [4.78, 5) is 32.2. The molecular formula is C31H35Cl2N3O2S. The molecule has 2 N–H and O–H groups in total. The third-order valence-corrected chi connectivity index (χ3v) is 8.80. The van der Waals surface area contributed by atoms with Gasteiger partial charge in [0.1, 0.15) is 0 Å². The van der Waals surface area contributed by atoms with E-state index in [-0.39, 0.29) is 11.8 Å². The number of nitrogens with one attached hydrogen (secondary N) is 2. The van der Waals surface area contributed by atoms with Crippen molar-refractivity contribution in [2.24, 2.45) is 0 Å². The lowest BCUT2D eigenvalue weighted by molar-refractivity contribution is -0.131. The Balaban J connectivity index is 1.53. The Kier molecular flexibility index (Phi) is 9.86. The van der Waals surface area contributed by atoms with Gasteiger partial charge in [-0.25, -0.2) is 0 Å². The van der Waals surface area contributed by atoms with Gasteiger partial charge in [-0.1, -0.05) is 43.1 Å². The predicted molar refractivity (Wildman–Crippen MR) is 165 cm³/mol. The highest BCUT2D eigenvalue weighted by Gasteiger charge is 2.25. The molecule has 0 fully saturated rings. The van der Waals surface area contributed by atoms with Crippen LogP contribution < -0.4 is 5.32 Å². The minimum Gasteiger partial charge on any atom is -0.359 e. The van der Waals surface area contributed by atoms with Crippen molar-refractivity contribution >= 4 is 64.1 Å². The Labute approximate surface area is 245 Å². The molecule has 206 valence electrons. The van der Waals surface area contributed by atoms with Crippen molar-refractivity contribution in [3.63, 3.8) is 0 Å². The molecule has 0 spiro atoms. The zero-order valence-corrected chi connectivity index (χ0v) is 25.2. The zero-order valence-electron chi connectivity index (χ0n) is 22.9. The van der Waals surface area contributed by atoms with Crippen molar-refractivity contribution in [2.45, 2.75) is 64.0 Å². The standard InChI is InChI=1S/C31H35Cl2N3O2S/c1-5-14-36(15-6-2)30(37)13-11-22-19(3)29(34-20(22)4)17-24-23-16-21(10-12-28(23)35-31(24)38)39-18-25-26(32)8-7-9-27(25)33/h7-10,12,16-17,34H,5-6,11,13-15,18H2,1-4H3,(H,35,38)/b24-17-. The van der Waals surface area contributed by atoms with E-state index in [4.69, 9.17) is 23.2 Å². The number of halogens is 2. The number of carbonyl (C=O) groups is 2. The summed E-state index contributed by atoms with van der Waals surface area (Å²) in [5.74, 6) is 0.702. The summed E-state index contributed by atoms with van der Waals surface area (Å²) in [6, 6.07) is 11.5. The van der Waals surface area contributed by atoms with Crippen LogP contribution in [0.4, 0.5) is 5.69 Å². The molecule has 8 heteroatoms. The molecule has 0 radical (unpaired) electrons. The average Bonchev–Trinajstić information content (AvgIpc) is 3.36. The fourth-order valence-corrected chi connectivity index (χ4v) is 6.67. The lowest BCUT2D eigenvalue weighted by atomic mass is 10.0.